The number of H-pyrrole nitrogens is 1. The maximum atomic E-state index is 12.8. The second-order valence-corrected chi connectivity index (χ2v) is 9.97. The molecule has 9 nitrogen and oxygen atoms in total. The summed E-state index contributed by atoms with van der Waals surface area (Å²) in [5.41, 5.74) is 2.27. The van der Waals surface area contributed by atoms with E-state index in [1.807, 2.05) is 28.9 Å². The molecule has 4 aromatic rings. The van der Waals surface area contributed by atoms with Crippen molar-refractivity contribution in [3.8, 4) is 6.07 Å². The van der Waals surface area contributed by atoms with Crippen LogP contribution in [-0.4, -0.2) is 45.0 Å². The summed E-state index contributed by atoms with van der Waals surface area (Å²) in [5.74, 6) is 1.87. The normalized spacial score (nSPS) is 21.0. The van der Waals surface area contributed by atoms with Crippen LogP contribution in [0.25, 0.3) is 21.8 Å². The maximum absolute atomic E-state index is 12.8. The van der Waals surface area contributed by atoms with Gasteiger partial charge < -0.3 is 19.9 Å². The maximum Gasteiger partial charge on any atom is 0.261 e. The van der Waals surface area contributed by atoms with Gasteiger partial charge in [-0.15, -0.1) is 0 Å². The van der Waals surface area contributed by atoms with E-state index in [0.717, 1.165) is 47.3 Å². The molecule has 0 amide bonds. The number of hydrogen-bond acceptors (Lipinski definition) is 7. The lowest BCUT2D eigenvalue weighted by Crippen LogP contribution is -2.47. The van der Waals surface area contributed by atoms with E-state index >= 15 is 0 Å². The zero-order chi connectivity index (χ0) is 24.8. The van der Waals surface area contributed by atoms with Crippen LogP contribution in [0, 0.1) is 17.2 Å². The molecule has 36 heavy (non-hydrogen) atoms. The van der Waals surface area contributed by atoms with Gasteiger partial charge in [0.2, 0.25) is 0 Å². The van der Waals surface area contributed by atoms with Crippen molar-refractivity contribution in [3.05, 3.63) is 52.9 Å². The topological polar surface area (TPSA) is 112 Å². The Balaban J connectivity index is 1.34. The Morgan fingerprint density at radius 2 is 2.11 bits per heavy atom. The summed E-state index contributed by atoms with van der Waals surface area (Å²) in [5, 5.41) is 19.0. The fourth-order valence-corrected chi connectivity index (χ4v) is 5.18. The van der Waals surface area contributed by atoms with E-state index in [9.17, 15) is 10.1 Å². The van der Waals surface area contributed by atoms with Gasteiger partial charge in [-0.25, -0.2) is 4.98 Å². The number of nitrogens with zero attached hydrogens (tertiary/aromatic N) is 5. The number of hydrogen-bond donors (Lipinski definition) is 2. The standard InChI is InChI=1S/C27H29N7O2/c1-16-15-36-17(2)14-33(16)24-8-5-19-13-20(6-7-21(19)31-24)30-26-25-23(10-12-29-27(25)35)34(32-26)22(9-11-28)18-3-4-18/h5-8,10,12-13,16-18,22H,3-4,9,14-15H2,1-2H3,(H,29,35)(H,30,32)/t16-,17-,22-/m0/s1. The summed E-state index contributed by atoms with van der Waals surface area (Å²) in [6.45, 7) is 5.75. The number of ether oxygens (including phenoxy) is 1. The van der Waals surface area contributed by atoms with Gasteiger partial charge in [0.15, 0.2) is 5.82 Å². The summed E-state index contributed by atoms with van der Waals surface area (Å²) in [4.78, 5) is 22.7. The molecule has 1 aromatic carbocycles. The van der Waals surface area contributed by atoms with Crippen molar-refractivity contribution in [2.24, 2.45) is 5.92 Å². The largest absolute Gasteiger partial charge is 0.375 e. The van der Waals surface area contributed by atoms with Crippen LogP contribution in [0.1, 0.15) is 39.2 Å². The SMILES string of the molecule is C[C@H]1CN(c2ccc3cc(Nc4nn([C@@H](CC#N)C5CC5)c5cc[nH]c(=O)c45)ccc3n2)[C@@H](C)CO1. The molecule has 1 aliphatic carbocycles. The number of aromatic nitrogens is 4. The number of nitriles is 1. The van der Waals surface area contributed by atoms with Gasteiger partial charge in [-0.05, 0) is 69.0 Å². The molecule has 2 fully saturated rings. The summed E-state index contributed by atoms with van der Waals surface area (Å²) in [6, 6.07) is 14.5. The Hall–Kier alpha value is -3.90. The van der Waals surface area contributed by atoms with Crippen molar-refractivity contribution in [3.63, 3.8) is 0 Å². The van der Waals surface area contributed by atoms with Gasteiger partial charge >= 0.3 is 0 Å². The number of anilines is 3. The van der Waals surface area contributed by atoms with Crippen LogP contribution in [0.4, 0.5) is 17.3 Å². The van der Waals surface area contributed by atoms with E-state index in [2.05, 4.69) is 47.3 Å². The zero-order valence-electron chi connectivity index (χ0n) is 20.4. The fraction of sp³-hybridized carbons (Fsp3) is 0.407. The Morgan fingerprint density at radius 1 is 1.25 bits per heavy atom. The average Bonchev–Trinajstić information content (AvgIpc) is 3.66. The third kappa shape index (κ3) is 4.07. The summed E-state index contributed by atoms with van der Waals surface area (Å²) in [6.07, 6.45) is 4.36. The fourth-order valence-electron chi connectivity index (χ4n) is 5.18. The molecule has 1 saturated carbocycles. The molecule has 0 spiro atoms. The minimum absolute atomic E-state index is 0.0284. The molecule has 2 N–H and O–H groups in total. The van der Waals surface area contributed by atoms with Crippen molar-refractivity contribution in [1.82, 2.24) is 19.7 Å². The van der Waals surface area contributed by atoms with E-state index in [1.165, 1.54) is 0 Å². The monoisotopic (exact) mass is 483 g/mol. The predicted molar refractivity (Wildman–Crippen MR) is 140 cm³/mol. The minimum Gasteiger partial charge on any atom is -0.375 e. The minimum atomic E-state index is -0.200. The highest BCUT2D eigenvalue weighted by atomic mass is 16.5. The van der Waals surface area contributed by atoms with Crippen LogP contribution in [-0.2, 0) is 4.74 Å². The second kappa shape index (κ2) is 8.95. The van der Waals surface area contributed by atoms with E-state index in [1.54, 1.807) is 6.20 Å². The molecular weight excluding hydrogens is 454 g/mol. The molecule has 2 aliphatic rings. The van der Waals surface area contributed by atoms with Crippen molar-refractivity contribution < 1.29 is 4.74 Å². The molecule has 0 bridgehead atoms. The quantitative estimate of drug-likeness (QED) is 0.415. The van der Waals surface area contributed by atoms with Gasteiger partial charge in [-0.2, -0.15) is 10.4 Å². The summed E-state index contributed by atoms with van der Waals surface area (Å²) >= 11 is 0. The van der Waals surface area contributed by atoms with Gasteiger partial charge in [0.25, 0.3) is 5.56 Å². The van der Waals surface area contributed by atoms with E-state index in [0.29, 0.717) is 30.1 Å². The third-order valence-electron chi connectivity index (χ3n) is 7.25. The van der Waals surface area contributed by atoms with Crippen molar-refractivity contribution in [2.75, 3.05) is 23.4 Å². The zero-order valence-corrected chi connectivity index (χ0v) is 20.4. The first-order valence-corrected chi connectivity index (χ1v) is 12.5. The number of rotatable bonds is 6. The number of fused-ring (bicyclic) bond motifs is 2. The molecule has 3 atom stereocenters. The lowest BCUT2D eigenvalue weighted by molar-refractivity contribution is 0.0341. The van der Waals surface area contributed by atoms with Gasteiger partial charge in [0, 0.05) is 23.8 Å². The van der Waals surface area contributed by atoms with E-state index in [-0.39, 0.29) is 23.7 Å². The molecule has 0 unspecified atom stereocenters. The van der Waals surface area contributed by atoms with Crippen LogP contribution in [0.3, 0.4) is 0 Å². The average molecular weight is 484 g/mol. The highest BCUT2D eigenvalue weighted by Crippen LogP contribution is 2.43. The van der Waals surface area contributed by atoms with Crippen LogP contribution in [0.2, 0.25) is 0 Å². The summed E-state index contributed by atoms with van der Waals surface area (Å²) in [7, 11) is 0. The lowest BCUT2D eigenvalue weighted by Gasteiger charge is -2.37. The molecule has 4 heterocycles. The number of benzene rings is 1. The van der Waals surface area contributed by atoms with Crippen LogP contribution < -0.4 is 15.8 Å². The van der Waals surface area contributed by atoms with Crippen LogP contribution in [0.5, 0.6) is 0 Å². The molecular formula is C27H29N7O2. The number of nitrogens with one attached hydrogen (secondary N) is 2. The number of pyridine rings is 2. The second-order valence-electron chi connectivity index (χ2n) is 9.97. The first-order chi connectivity index (χ1) is 17.5. The first kappa shape index (κ1) is 22.6. The van der Waals surface area contributed by atoms with Gasteiger partial charge in [0.05, 0.1) is 48.3 Å². The molecule has 184 valence electrons. The molecule has 1 aliphatic heterocycles. The Kier molecular flexibility index (Phi) is 5.61. The van der Waals surface area contributed by atoms with Crippen LogP contribution >= 0.6 is 0 Å². The smallest absolute Gasteiger partial charge is 0.261 e. The van der Waals surface area contributed by atoms with Gasteiger partial charge in [-0.1, -0.05) is 0 Å². The number of aromatic amines is 1. The first-order valence-electron chi connectivity index (χ1n) is 12.5. The van der Waals surface area contributed by atoms with Crippen molar-refractivity contribution in [2.45, 2.75) is 51.3 Å². The third-order valence-corrected chi connectivity index (χ3v) is 7.25. The predicted octanol–water partition coefficient (Wildman–Crippen LogP) is 4.49. The van der Waals surface area contributed by atoms with Crippen molar-refractivity contribution >= 4 is 39.1 Å². The number of morpholine rings is 1. The molecule has 0 radical (unpaired) electrons. The highest BCUT2D eigenvalue weighted by molar-refractivity contribution is 5.92. The van der Waals surface area contributed by atoms with Gasteiger partial charge in [0.1, 0.15) is 11.2 Å². The molecule has 6 rings (SSSR count). The molecule has 3 aromatic heterocycles. The highest BCUT2D eigenvalue weighted by Gasteiger charge is 2.34. The van der Waals surface area contributed by atoms with E-state index in [4.69, 9.17) is 14.8 Å². The molecule has 1 saturated heterocycles. The summed E-state index contributed by atoms with van der Waals surface area (Å²) < 4.78 is 7.63. The van der Waals surface area contributed by atoms with Crippen molar-refractivity contribution in [1.29, 1.82) is 5.26 Å². The molecule has 9 heteroatoms. The van der Waals surface area contributed by atoms with Gasteiger partial charge in [-0.3, -0.25) is 9.48 Å². The Labute approximate surface area is 208 Å². The Morgan fingerprint density at radius 3 is 2.92 bits per heavy atom. The Bertz CT molecular complexity index is 1530. The van der Waals surface area contributed by atoms with E-state index < -0.39 is 0 Å². The lowest BCUT2D eigenvalue weighted by atomic mass is 10.1. The van der Waals surface area contributed by atoms with Crippen LogP contribution in [0.15, 0.2) is 47.4 Å².